The van der Waals surface area contributed by atoms with E-state index in [1.807, 2.05) is 0 Å². The summed E-state index contributed by atoms with van der Waals surface area (Å²) in [7, 11) is -3.40. The van der Waals surface area contributed by atoms with Crippen LogP contribution in [0.5, 0.6) is 0 Å². The van der Waals surface area contributed by atoms with Gasteiger partial charge in [0.15, 0.2) is 0 Å². The second-order valence-electron chi connectivity index (χ2n) is 5.95. The smallest absolute Gasteiger partial charge is 0.303 e. The summed E-state index contributed by atoms with van der Waals surface area (Å²) in [6, 6.07) is 6.79. The highest BCUT2D eigenvalue weighted by Gasteiger charge is 2.44. The number of fused-ring (bicyclic) bond motifs is 2. The van der Waals surface area contributed by atoms with Gasteiger partial charge in [-0.1, -0.05) is 12.1 Å². The quantitative estimate of drug-likeness (QED) is 0.901. The third-order valence-electron chi connectivity index (χ3n) is 4.52. The van der Waals surface area contributed by atoms with Gasteiger partial charge in [-0.2, -0.15) is 4.31 Å². The van der Waals surface area contributed by atoms with Crippen LogP contribution in [0.3, 0.4) is 0 Å². The van der Waals surface area contributed by atoms with Crippen LogP contribution in [0.2, 0.25) is 0 Å². The number of carbonyl (C=O) groups is 1. The van der Waals surface area contributed by atoms with Crippen LogP contribution in [-0.2, 0) is 21.2 Å². The van der Waals surface area contributed by atoms with E-state index in [9.17, 15) is 13.2 Å². The predicted octanol–water partition coefficient (Wildman–Crippen LogP) is 1.88. The highest BCUT2D eigenvalue weighted by Crippen LogP contribution is 2.40. The molecule has 2 bridgehead atoms. The van der Waals surface area contributed by atoms with Crippen LogP contribution < -0.4 is 0 Å². The van der Waals surface area contributed by atoms with Gasteiger partial charge in [0.25, 0.3) is 0 Å². The van der Waals surface area contributed by atoms with Crippen molar-refractivity contribution in [1.29, 1.82) is 0 Å². The van der Waals surface area contributed by atoms with Crippen molar-refractivity contribution in [1.82, 2.24) is 4.31 Å². The Morgan fingerprint density at radius 3 is 2.48 bits per heavy atom. The average molecular weight is 309 g/mol. The zero-order valence-electron chi connectivity index (χ0n) is 11.7. The van der Waals surface area contributed by atoms with E-state index in [0.29, 0.717) is 23.8 Å². The Morgan fingerprint density at radius 2 is 1.95 bits per heavy atom. The Bertz CT molecular complexity index is 638. The van der Waals surface area contributed by atoms with Gasteiger partial charge >= 0.3 is 5.97 Å². The maximum absolute atomic E-state index is 12.6. The number of piperidine rings is 1. The summed E-state index contributed by atoms with van der Waals surface area (Å²) in [5.74, 6) is -0.320. The molecule has 6 heteroatoms. The average Bonchev–Trinajstić information content (AvgIpc) is 3.08. The normalized spacial score (nSPS) is 25.3. The van der Waals surface area contributed by atoms with Crippen molar-refractivity contribution >= 4 is 16.0 Å². The molecule has 2 fully saturated rings. The molecule has 21 heavy (non-hydrogen) atoms. The molecule has 1 heterocycles. The number of aliphatic carboxylic acids is 1. The van der Waals surface area contributed by atoms with Crippen LogP contribution in [0.1, 0.15) is 31.2 Å². The van der Waals surface area contributed by atoms with Crippen molar-refractivity contribution in [2.75, 3.05) is 6.54 Å². The van der Waals surface area contributed by atoms with Gasteiger partial charge in [-0.05, 0) is 49.3 Å². The lowest BCUT2D eigenvalue weighted by Gasteiger charge is -2.26. The summed E-state index contributed by atoms with van der Waals surface area (Å²) in [4.78, 5) is 10.9. The molecule has 2 aliphatic rings. The van der Waals surface area contributed by atoms with E-state index in [-0.39, 0.29) is 12.5 Å². The van der Waals surface area contributed by atoms with Crippen LogP contribution in [0.4, 0.5) is 0 Å². The summed E-state index contributed by atoms with van der Waals surface area (Å²) < 4.78 is 26.9. The van der Waals surface area contributed by atoms with Crippen molar-refractivity contribution in [2.24, 2.45) is 5.92 Å². The molecule has 0 radical (unpaired) electrons. The van der Waals surface area contributed by atoms with Gasteiger partial charge in [-0.25, -0.2) is 8.42 Å². The molecule has 2 unspecified atom stereocenters. The molecular weight excluding hydrogens is 290 g/mol. The van der Waals surface area contributed by atoms with Crippen molar-refractivity contribution in [3.05, 3.63) is 29.8 Å². The molecule has 0 spiro atoms. The van der Waals surface area contributed by atoms with E-state index in [1.54, 1.807) is 28.6 Å². The van der Waals surface area contributed by atoms with E-state index in [0.717, 1.165) is 24.8 Å². The molecule has 2 atom stereocenters. The molecule has 1 N–H and O–H groups in total. The van der Waals surface area contributed by atoms with Crippen molar-refractivity contribution in [3.63, 3.8) is 0 Å². The highest BCUT2D eigenvalue weighted by molar-refractivity contribution is 7.89. The van der Waals surface area contributed by atoms with E-state index in [4.69, 9.17) is 5.11 Å². The predicted molar refractivity (Wildman–Crippen MR) is 77.4 cm³/mol. The molecule has 3 rings (SSSR count). The third-order valence-corrected chi connectivity index (χ3v) is 6.45. The number of hydrogen-bond donors (Lipinski definition) is 1. The van der Waals surface area contributed by atoms with Gasteiger partial charge in [-0.15, -0.1) is 0 Å². The molecule has 1 aromatic carbocycles. The van der Waals surface area contributed by atoms with E-state index < -0.39 is 16.0 Å². The zero-order valence-corrected chi connectivity index (χ0v) is 12.6. The van der Waals surface area contributed by atoms with Crippen molar-refractivity contribution in [3.8, 4) is 0 Å². The molecule has 114 valence electrons. The molecule has 1 aliphatic heterocycles. The first-order chi connectivity index (χ1) is 9.96. The van der Waals surface area contributed by atoms with Gasteiger partial charge in [0, 0.05) is 19.0 Å². The Kier molecular flexibility index (Phi) is 3.75. The minimum atomic E-state index is -3.40. The maximum atomic E-state index is 12.6. The second kappa shape index (κ2) is 5.42. The molecule has 0 aromatic heterocycles. The minimum Gasteiger partial charge on any atom is -0.481 e. The molecule has 5 nitrogen and oxygen atoms in total. The number of nitrogens with zero attached hydrogens (tertiary/aromatic N) is 1. The van der Waals surface area contributed by atoms with Crippen LogP contribution in [-0.4, -0.2) is 36.4 Å². The topological polar surface area (TPSA) is 74.7 Å². The number of sulfonamides is 1. The summed E-state index contributed by atoms with van der Waals surface area (Å²) in [5.41, 5.74) is 0.847. The van der Waals surface area contributed by atoms with Gasteiger partial charge in [0.05, 0.1) is 4.90 Å². The number of aryl methyl sites for hydroxylation is 1. The maximum Gasteiger partial charge on any atom is 0.303 e. The summed E-state index contributed by atoms with van der Waals surface area (Å²) in [6.45, 7) is 0.647. The highest BCUT2D eigenvalue weighted by atomic mass is 32.2. The Hall–Kier alpha value is -1.40. The Morgan fingerprint density at radius 1 is 1.24 bits per heavy atom. The molecule has 1 saturated heterocycles. The second-order valence-corrected chi connectivity index (χ2v) is 7.84. The first kappa shape index (κ1) is 14.5. The monoisotopic (exact) mass is 309 g/mol. The Labute approximate surface area is 124 Å². The number of hydrogen-bond acceptors (Lipinski definition) is 3. The summed E-state index contributed by atoms with van der Waals surface area (Å²) >= 11 is 0. The number of rotatable bonds is 5. The fraction of sp³-hybridized carbons (Fsp3) is 0.533. The molecule has 1 aromatic rings. The zero-order chi connectivity index (χ0) is 15.0. The summed E-state index contributed by atoms with van der Waals surface area (Å²) in [5, 5.41) is 8.66. The molecular formula is C15H19NO4S. The fourth-order valence-corrected chi connectivity index (χ4v) is 5.13. The number of carboxylic acids is 1. The first-order valence-electron chi connectivity index (χ1n) is 7.29. The first-order valence-corrected chi connectivity index (χ1v) is 8.73. The van der Waals surface area contributed by atoms with Crippen LogP contribution >= 0.6 is 0 Å². The number of carboxylic acid groups (broad SMARTS) is 1. The van der Waals surface area contributed by atoms with Crippen LogP contribution in [0.15, 0.2) is 29.2 Å². The Balaban J connectivity index is 1.75. The lowest BCUT2D eigenvalue weighted by Crippen LogP contribution is -2.37. The fourth-order valence-electron chi connectivity index (χ4n) is 3.39. The molecule has 0 amide bonds. The van der Waals surface area contributed by atoms with Gasteiger partial charge in [0.1, 0.15) is 0 Å². The number of benzene rings is 1. The van der Waals surface area contributed by atoms with Crippen molar-refractivity contribution < 1.29 is 18.3 Å². The van der Waals surface area contributed by atoms with Crippen LogP contribution in [0.25, 0.3) is 0 Å². The van der Waals surface area contributed by atoms with E-state index in [2.05, 4.69) is 0 Å². The third kappa shape index (κ3) is 2.82. The van der Waals surface area contributed by atoms with Crippen LogP contribution in [0, 0.1) is 5.92 Å². The van der Waals surface area contributed by atoms with Gasteiger partial charge in [0.2, 0.25) is 10.0 Å². The largest absolute Gasteiger partial charge is 0.481 e. The summed E-state index contributed by atoms with van der Waals surface area (Å²) in [6.07, 6.45) is 3.59. The lowest BCUT2D eigenvalue weighted by molar-refractivity contribution is -0.136. The van der Waals surface area contributed by atoms with Crippen molar-refractivity contribution in [2.45, 2.75) is 43.0 Å². The molecule has 1 aliphatic carbocycles. The van der Waals surface area contributed by atoms with Gasteiger partial charge < -0.3 is 5.11 Å². The van der Waals surface area contributed by atoms with E-state index >= 15 is 0 Å². The van der Waals surface area contributed by atoms with E-state index in [1.165, 1.54) is 0 Å². The lowest BCUT2D eigenvalue weighted by atomic mass is 10.1. The molecule has 1 saturated carbocycles. The minimum absolute atomic E-state index is 0.0575. The standard InChI is InChI=1S/C15H19NO4S/c17-15(18)8-4-11-2-6-14(7-3-11)21(19,20)16-10-12-1-5-13(16)9-12/h2-3,6-7,12-13H,1,4-5,8-10H2,(H,17,18). The SMILES string of the molecule is O=C(O)CCc1ccc(S(=O)(=O)N2CC3CCC2C3)cc1. The van der Waals surface area contributed by atoms with Gasteiger partial charge in [-0.3, -0.25) is 4.79 Å².